The number of halogens is 1. The minimum atomic E-state index is -0.392. The SMILES string of the molecule is CCNC(=NCCCCCCC(=O)OC(C)(C)C)NC1CCN(Cc2ccccn2)CC1.I. The summed E-state index contributed by atoms with van der Waals surface area (Å²) in [7, 11) is 0. The molecule has 2 N–H and O–H groups in total. The lowest BCUT2D eigenvalue weighted by Gasteiger charge is -2.32. The Hall–Kier alpha value is -1.42. The average molecular weight is 574 g/mol. The topological polar surface area (TPSA) is 78.8 Å². The third-order valence-electron chi connectivity index (χ3n) is 5.36. The van der Waals surface area contributed by atoms with Crippen LogP contribution in [-0.2, 0) is 16.1 Å². The van der Waals surface area contributed by atoms with E-state index in [9.17, 15) is 4.79 Å². The highest BCUT2D eigenvalue weighted by atomic mass is 127. The fourth-order valence-electron chi connectivity index (χ4n) is 3.79. The highest BCUT2D eigenvalue weighted by Crippen LogP contribution is 2.13. The summed E-state index contributed by atoms with van der Waals surface area (Å²) in [5.74, 6) is 0.824. The predicted octanol–water partition coefficient (Wildman–Crippen LogP) is 4.51. The number of nitrogens with one attached hydrogen (secondary N) is 2. The molecule has 1 fully saturated rings. The molecule has 0 atom stereocenters. The molecule has 1 aliphatic rings. The van der Waals surface area contributed by atoms with Crippen LogP contribution in [0.5, 0.6) is 0 Å². The van der Waals surface area contributed by atoms with Gasteiger partial charge in [-0.1, -0.05) is 18.9 Å². The summed E-state index contributed by atoms with van der Waals surface area (Å²) >= 11 is 0. The van der Waals surface area contributed by atoms with Gasteiger partial charge < -0.3 is 15.4 Å². The van der Waals surface area contributed by atoms with Crippen LogP contribution in [0.1, 0.15) is 78.3 Å². The van der Waals surface area contributed by atoms with Gasteiger partial charge in [-0.3, -0.25) is 19.7 Å². The van der Waals surface area contributed by atoms with Crippen LogP contribution in [0.25, 0.3) is 0 Å². The number of pyridine rings is 1. The Kier molecular flexibility index (Phi) is 14.6. The van der Waals surface area contributed by atoms with E-state index in [4.69, 9.17) is 9.73 Å². The molecule has 1 aromatic rings. The molecule has 0 unspecified atom stereocenters. The number of piperidine rings is 1. The van der Waals surface area contributed by atoms with Crippen LogP contribution in [0.2, 0.25) is 0 Å². The second-order valence-corrected chi connectivity index (χ2v) is 9.53. The lowest BCUT2D eigenvalue weighted by atomic mass is 10.0. The van der Waals surface area contributed by atoms with Crippen molar-refractivity contribution >= 4 is 35.9 Å². The maximum atomic E-state index is 11.7. The molecule has 0 radical (unpaired) electrons. The number of ether oxygens (including phenoxy) is 1. The molecule has 0 aliphatic carbocycles. The molecule has 1 aliphatic heterocycles. The number of carbonyl (C=O) groups is 1. The minimum absolute atomic E-state index is 0. The summed E-state index contributed by atoms with van der Waals surface area (Å²) in [5.41, 5.74) is 0.747. The fourth-order valence-corrected chi connectivity index (χ4v) is 3.79. The van der Waals surface area contributed by atoms with E-state index in [1.165, 1.54) is 0 Å². The van der Waals surface area contributed by atoms with Crippen LogP contribution in [0.3, 0.4) is 0 Å². The van der Waals surface area contributed by atoms with Gasteiger partial charge in [-0.2, -0.15) is 0 Å². The molecule has 7 nitrogen and oxygen atoms in total. The minimum Gasteiger partial charge on any atom is -0.460 e. The Bertz CT molecular complexity index is 686. The molecule has 0 spiro atoms. The Labute approximate surface area is 217 Å². The van der Waals surface area contributed by atoms with Crippen molar-refractivity contribution in [2.75, 3.05) is 26.2 Å². The lowest BCUT2D eigenvalue weighted by Crippen LogP contribution is -2.48. The number of esters is 1. The highest BCUT2D eigenvalue weighted by Gasteiger charge is 2.20. The first kappa shape index (κ1) is 29.6. The molecule has 2 rings (SSSR count). The molecule has 0 bridgehead atoms. The van der Waals surface area contributed by atoms with E-state index in [1.54, 1.807) is 0 Å². The lowest BCUT2D eigenvalue weighted by molar-refractivity contribution is -0.154. The molecule has 0 aromatic carbocycles. The average Bonchev–Trinajstić information content (AvgIpc) is 2.74. The molecule has 1 saturated heterocycles. The third kappa shape index (κ3) is 13.8. The molecule has 2 heterocycles. The van der Waals surface area contributed by atoms with E-state index < -0.39 is 5.60 Å². The molecule has 8 heteroatoms. The standard InChI is InChI=1S/C25H43N5O2.HI/c1-5-26-24(28-17-10-7-6-8-13-23(31)32-25(2,3)4)29-21-14-18-30(19-15-21)20-22-12-9-11-16-27-22;/h9,11-12,16,21H,5-8,10,13-15,17-20H2,1-4H3,(H2,26,28,29);1H. The summed E-state index contributed by atoms with van der Waals surface area (Å²) in [6, 6.07) is 6.57. The number of rotatable bonds is 11. The van der Waals surface area contributed by atoms with Gasteiger partial charge in [-0.25, -0.2) is 0 Å². The maximum absolute atomic E-state index is 11.7. The van der Waals surface area contributed by atoms with Gasteiger partial charge in [0.15, 0.2) is 5.96 Å². The van der Waals surface area contributed by atoms with Gasteiger partial charge >= 0.3 is 5.97 Å². The van der Waals surface area contributed by atoms with Crippen LogP contribution in [0.4, 0.5) is 0 Å². The number of hydrogen-bond donors (Lipinski definition) is 2. The Morgan fingerprint density at radius 1 is 1.18 bits per heavy atom. The molecular formula is C25H44IN5O2. The molecular weight excluding hydrogens is 529 g/mol. The summed E-state index contributed by atoms with van der Waals surface area (Å²) < 4.78 is 5.35. The van der Waals surface area contributed by atoms with Gasteiger partial charge in [0.2, 0.25) is 0 Å². The van der Waals surface area contributed by atoms with Gasteiger partial charge in [0.1, 0.15) is 5.60 Å². The predicted molar refractivity (Wildman–Crippen MR) is 146 cm³/mol. The zero-order valence-corrected chi connectivity index (χ0v) is 23.3. The van der Waals surface area contributed by atoms with Crippen molar-refractivity contribution in [2.45, 2.75) is 90.8 Å². The Morgan fingerprint density at radius 3 is 2.55 bits per heavy atom. The van der Waals surface area contributed by atoms with Gasteiger partial charge in [-0.15, -0.1) is 24.0 Å². The zero-order valence-electron chi connectivity index (χ0n) is 20.9. The monoisotopic (exact) mass is 573 g/mol. The van der Waals surface area contributed by atoms with Crippen molar-refractivity contribution in [1.82, 2.24) is 20.5 Å². The first-order chi connectivity index (χ1) is 15.4. The van der Waals surface area contributed by atoms with E-state index >= 15 is 0 Å². The van der Waals surface area contributed by atoms with E-state index in [0.29, 0.717) is 12.5 Å². The van der Waals surface area contributed by atoms with Crippen molar-refractivity contribution < 1.29 is 9.53 Å². The summed E-state index contributed by atoms with van der Waals surface area (Å²) in [6.45, 7) is 12.6. The van der Waals surface area contributed by atoms with Crippen LogP contribution >= 0.6 is 24.0 Å². The number of aromatic nitrogens is 1. The van der Waals surface area contributed by atoms with E-state index in [1.807, 2.05) is 33.0 Å². The van der Waals surface area contributed by atoms with Gasteiger partial charge in [0.25, 0.3) is 0 Å². The first-order valence-electron chi connectivity index (χ1n) is 12.2. The smallest absolute Gasteiger partial charge is 0.306 e. The molecule has 1 aromatic heterocycles. The quantitative estimate of drug-likeness (QED) is 0.133. The summed E-state index contributed by atoms with van der Waals surface area (Å²) in [6.07, 6.45) is 8.63. The van der Waals surface area contributed by atoms with Crippen LogP contribution in [0.15, 0.2) is 29.4 Å². The second kappa shape index (κ2) is 16.2. The van der Waals surface area contributed by atoms with Crippen LogP contribution in [-0.4, -0.2) is 59.6 Å². The number of carbonyl (C=O) groups excluding carboxylic acids is 1. The van der Waals surface area contributed by atoms with Crippen molar-refractivity contribution in [2.24, 2.45) is 4.99 Å². The van der Waals surface area contributed by atoms with Crippen molar-refractivity contribution in [3.05, 3.63) is 30.1 Å². The van der Waals surface area contributed by atoms with E-state index in [-0.39, 0.29) is 29.9 Å². The van der Waals surface area contributed by atoms with Crippen molar-refractivity contribution in [3.63, 3.8) is 0 Å². The second-order valence-electron chi connectivity index (χ2n) is 9.53. The molecule has 0 amide bonds. The van der Waals surface area contributed by atoms with Gasteiger partial charge in [0.05, 0.1) is 5.69 Å². The van der Waals surface area contributed by atoms with Crippen molar-refractivity contribution in [1.29, 1.82) is 0 Å². The molecule has 188 valence electrons. The Morgan fingerprint density at radius 2 is 1.91 bits per heavy atom. The van der Waals surface area contributed by atoms with E-state index in [0.717, 1.165) is 82.9 Å². The largest absolute Gasteiger partial charge is 0.460 e. The zero-order chi connectivity index (χ0) is 23.2. The summed E-state index contributed by atoms with van der Waals surface area (Å²) in [4.78, 5) is 23.4. The van der Waals surface area contributed by atoms with Gasteiger partial charge in [0, 0.05) is 51.4 Å². The van der Waals surface area contributed by atoms with Crippen molar-refractivity contribution in [3.8, 4) is 0 Å². The molecule has 0 saturated carbocycles. The van der Waals surface area contributed by atoms with Crippen LogP contribution < -0.4 is 10.6 Å². The number of guanidine groups is 1. The maximum Gasteiger partial charge on any atom is 0.306 e. The van der Waals surface area contributed by atoms with Gasteiger partial charge in [-0.05, 0) is 65.5 Å². The number of unbranched alkanes of at least 4 members (excludes halogenated alkanes) is 3. The number of likely N-dealkylation sites (tertiary alicyclic amines) is 1. The summed E-state index contributed by atoms with van der Waals surface area (Å²) in [5, 5.41) is 6.99. The first-order valence-corrected chi connectivity index (χ1v) is 12.2. The van der Waals surface area contributed by atoms with Crippen LogP contribution in [0, 0.1) is 0 Å². The fraction of sp³-hybridized carbons (Fsp3) is 0.720. The van der Waals surface area contributed by atoms with E-state index in [2.05, 4.69) is 39.6 Å². The highest BCUT2D eigenvalue weighted by molar-refractivity contribution is 14.0. The normalized spacial score (nSPS) is 15.6. The molecule has 33 heavy (non-hydrogen) atoms. The number of hydrogen-bond acceptors (Lipinski definition) is 5. The number of aliphatic imine (C=N–C) groups is 1. The number of nitrogens with zero attached hydrogens (tertiary/aromatic N) is 3. The Balaban J connectivity index is 0.00000544. The third-order valence-corrected chi connectivity index (χ3v) is 5.36.